The highest BCUT2D eigenvalue weighted by Crippen LogP contribution is 2.66. The number of aliphatic hydroxyl groups is 2. The van der Waals surface area contributed by atoms with Crippen molar-refractivity contribution in [2.24, 2.45) is 22.7 Å². The number of carbonyl (C=O) groups excluding carboxylic acids is 1. The summed E-state index contributed by atoms with van der Waals surface area (Å²) in [4.78, 5) is 13.4. The molecule has 0 radical (unpaired) electrons. The lowest BCUT2D eigenvalue weighted by molar-refractivity contribution is -0.365. The SMILES string of the molecule is CO[C@@H]1[C@@H](O)[C@H](O[C@@H]2[C@@H](C)O[C@@H](O[C@H]3[C@@H](OC)C[C@H](O[C@H]4CC[C@@]5(C)C(=CC[C@@]67O[C@@H](C)[C@@H]8CCC(=O)[C@]8(C)[C@@H](C[C@@H]65)O7)C4)O[C@@H]3C)C[C@H]2OC)O[C@H](C)[C@H]1O[C@H]1C[C@@H](OC)[C@H](O)[C@@H](C)O1. The molecule has 9 aliphatic rings. The molecule has 17 nitrogen and oxygen atoms in total. The molecule has 1 spiro atoms. The normalized spacial score (nSPS) is 54.0. The first-order chi connectivity index (χ1) is 31.5. The van der Waals surface area contributed by atoms with Crippen LogP contribution in [0.15, 0.2) is 11.6 Å². The molecule has 17 heteroatoms. The van der Waals surface area contributed by atoms with Gasteiger partial charge in [0.2, 0.25) is 0 Å². The van der Waals surface area contributed by atoms with Crippen LogP contribution in [0.4, 0.5) is 0 Å². The average Bonchev–Trinajstić information content (AvgIpc) is 3.81. The second-order valence-electron chi connectivity index (χ2n) is 21.3. The molecule has 376 valence electrons. The molecule has 2 bridgehead atoms. The first-order valence-electron chi connectivity index (χ1n) is 24.8. The van der Waals surface area contributed by atoms with Gasteiger partial charge in [-0.2, -0.15) is 0 Å². The smallest absolute Gasteiger partial charge is 0.187 e. The van der Waals surface area contributed by atoms with E-state index in [0.29, 0.717) is 37.9 Å². The molecule has 25 atom stereocenters. The first kappa shape index (κ1) is 49.7. The second-order valence-corrected chi connectivity index (χ2v) is 21.3. The Balaban J connectivity index is 0.779. The Bertz CT molecular complexity index is 1740. The van der Waals surface area contributed by atoms with E-state index in [4.69, 9.17) is 66.3 Å². The van der Waals surface area contributed by atoms with Crippen molar-refractivity contribution in [3.63, 3.8) is 0 Å². The second kappa shape index (κ2) is 19.4. The minimum atomic E-state index is -1.22. The van der Waals surface area contributed by atoms with Crippen LogP contribution in [0.3, 0.4) is 0 Å². The standard InChI is InChI=1S/C49H78O17/c1-23-30-12-13-35(50)48(30,7)36-22-34-47(6)16-15-29(18-28(47)14-17-49(34,65-23)66-36)61-37-20-32(54-9)42(25(3)58-37)62-39-21-33(55-10)43(26(4)59-39)64-46-41(52)45(56-11)44(27(5)60-46)63-38-19-31(53-8)40(51)24(2)57-38/h14,23-27,29-34,36-46,51-52H,12-13,15-22H2,1-11H3/t23-,24+,25+,26+,27+,29-,30-,31+,32-,33+,34+,36+,37-,38-,39-,40+,41+,42+,43+,44+,45+,46-,47-,48+,49-/m0/s1. The molecule has 0 aromatic carbocycles. The number of methoxy groups -OCH3 is 4. The Labute approximate surface area is 390 Å². The van der Waals surface area contributed by atoms with E-state index in [9.17, 15) is 15.0 Å². The van der Waals surface area contributed by atoms with Crippen molar-refractivity contribution < 1.29 is 81.3 Å². The van der Waals surface area contributed by atoms with E-state index >= 15 is 0 Å². The summed E-state index contributed by atoms with van der Waals surface area (Å²) in [5.74, 6) is 0.0204. The monoisotopic (exact) mass is 939 g/mol. The number of carbonyl (C=O) groups is 1. The maximum atomic E-state index is 13.4. The van der Waals surface area contributed by atoms with Crippen molar-refractivity contribution in [3.05, 3.63) is 11.6 Å². The van der Waals surface area contributed by atoms with Gasteiger partial charge in [-0.05, 0) is 79.1 Å². The van der Waals surface area contributed by atoms with Crippen molar-refractivity contribution in [3.8, 4) is 0 Å². The Morgan fingerprint density at radius 2 is 1.21 bits per heavy atom. The fraction of sp³-hybridized carbons (Fsp3) is 0.939. The minimum absolute atomic E-state index is 0.0179. The van der Waals surface area contributed by atoms with Crippen molar-refractivity contribution >= 4 is 5.78 Å². The van der Waals surface area contributed by atoms with Gasteiger partial charge >= 0.3 is 0 Å². The summed E-state index contributed by atoms with van der Waals surface area (Å²) in [6.07, 6.45) is -1.73. The molecule has 2 N–H and O–H groups in total. The Hall–Kier alpha value is -1.23. The number of ketones is 1. The molecular weight excluding hydrogens is 861 g/mol. The van der Waals surface area contributed by atoms with Gasteiger partial charge in [-0.25, -0.2) is 0 Å². The van der Waals surface area contributed by atoms with E-state index in [2.05, 4.69) is 26.8 Å². The van der Waals surface area contributed by atoms with Gasteiger partial charge in [0.1, 0.15) is 42.4 Å². The third-order valence-electron chi connectivity index (χ3n) is 17.6. The van der Waals surface area contributed by atoms with Crippen LogP contribution in [0.25, 0.3) is 0 Å². The molecule has 0 aromatic rings. The number of ether oxygens (including phenoxy) is 14. The van der Waals surface area contributed by atoms with Crippen LogP contribution in [-0.2, 0) is 71.1 Å². The number of hydrogen-bond donors (Lipinski definition) is 2. The zero-order valence-electron chi connectivity index (χ0n) is 40.9. The summed E-state index contributed by atoms with van der Waals surface area (Å²) in [5.41, 5.74) is 0.794. The fourth-order valence-corrected chi connectivity index (χ4v) is 13.8. The van der Waals surface area contributed by atoms with Gasteiger partial charge in [0.05, 0.1) is 66.5 Å². The maximum absolute atomic E-state index is 13.4. The molecule has 6 heterocycles. The van der Waals surface area contributed by atoms with Crippen LogP contribution in [0, 0.1) is 22.7 Å². The van der Waals surface area contributed by atoms with Crippen molar-refractivity contribution in [1.29, 1.82) is 0 Å². The summed E-state index contributed by atoms with van der Waals surface area (Å²) < 4.78 is 88.5. The van der Waals surface area contributed by atoms with Crippen LogP contribution in [0.2, 0.25) is 0 Å². The molecule has 6 saturated heterocycles. The molecule has 66 heavy (non-hydrogen) atoms. The quantitative estimate of drug-likeness (QED) is 0.261. The molecule has 8 fully saturated rings. The zero-order chi connectivity index (χ0) is 47.0. The molecule has 3 aliphatic carbocycles. The van der Waals surface area contributed by atoms with Crippen molar-refractivity contribution in [2.75, 3.05) is 28.4 Å². The van der Waals surface area contributed by atoms with Crippen LogP contribution in [0.1, 0.15) is 113 Å². The van der Waals surface area contributed by atoms with Gasteiger partial charge in [0.25, 0.3) is 0 Å². The molecule has 0 amide bonds. The van der Waals surface area contributed by atoms with E-state index in [0.717, 1.165) is 32.1 Å². The van der Waals surface area contributed by atoms with Crippen molar-refractivity contribution in [1.82, 2.24) is 0 Å². The molecule has 0 unspecified atom stereocenters. The lowest BCUT2D eigenvalue weighted by Gasteiger charge is -2.53. The number of hydrogen-bond acceptors (Lipinski definition) is 17. The number of fused-ring (bicyclic) bond motifs is 5. The van der Waals surface area contributed by atoms with E-state index < -0.39 is 104 Å². The van der Waals surface area contributed by atoms with Gasteiger partial charge in [0.15, 0.2) is 30.9 Å². The van der Waals surface area contributed by atoms with Crippen LogP contribution < -0.4 is 0 Å². The lowest BCUT2D eigenvalue weighted by Crippen LogP contribution is -2.63. The Kier molecular flexibility index (Phi) is 14.6. The molecule has 6 aliphatic heterocycles. The summed E-state index contributed by atoms with van der Waals surface area (Å²) >= 11 is 0. The topological polar surface area (TPSA) is 187 Å². The number of rotatable bonds is 12. The number of Topliss-reactive ketones (excluding diaryl/α,β-unsaturated/α-hetero) is 1. The van der Waals surface area contributed by atoms with E-state index in [1.165, 1.54) is 12.7 Å². The average molecular weight is 939 g/mol. The van der Waals surface area contributed by atoms with Crippen LogP contribution >= 0.6 is 0 Å². The summed E-state index contributed by atoms with van der Waals surface area (Å²) in [6.45, 7) is 14.1. The van der Waals surface area contributed by atoms with Crippen LogP contribution in [-0.4, -0.2) is 173 Å². The summed E-state index contributed by atoms with van der Waals surface area (Å²) in [5, 5.41) is 22.0. The molecular formula is C49H78O17. The zero-order valence-corrected chi connectivity index (χ0v) is 40.9. The first-order valence-corrected chi connectivity index (χ1v) is 24.8. The summed E-state index contributed by atoms with van der Waals surface area (Å²) in [7, 11) is 6.35. The van der Waals surface area contributed by atoms with Gasteiger partial charge < -0.3 is 76.5 Å². The third-order valence-corrected chi connectivity index (χ3v) is 17.6. The van der Waals surface area contributed by atoms with Gasteiger partial charge in [-0.3, -0.25) is 4.79 Å². The van der Waals surface area contributed by atoms with Gasteiger partial charge in [0, 0.05) is 72.4 Å². The molecule has 2 saturated carbocycles. The Morgan fingerprint density at radius 3 is 1.86 bits per heavy atom. The highest BCUT2D eigenvalue weighted by molar-refractivity contribution is 5.88. The highest BCUT2D eigenvalue weighted by atomic mass is 16.8. The predicted octanol–water partition coefficient (Wildman–Crippen LogP) is 4.48. The fourth-order valence-electron chi connectivity index (χ4n) is 13.8. The van der Waals surface area contributed by atoms with Gasteiger partial charge in [-0.15, -0.1) is 0 Å². The molecule has 9 rings (SSSR count). The van der Waals surface area contributed by atoms with Crippen LogP contribution in [0.5, 0.6) is 0 Å². The highest BCUT2D eigenvalue weighted by Gasteiger charge is 2.69. The lowest BCUT2D eigenvalue weighted by atomic mass is 9.56. The summed E-state index contributed by atoms with van der Waals surface area (Å²) in [6, 6.07) is 0. The Morgan fingerprint density at radius 1 is 0.621 bits per heavy atom. The predicted molar refractivity (Wildman–Crippen MR) is 233 cm³/mol. The van der Waals surface area contributed by atoms with E-state index in [1.807, 2.05) is 20.8 Å². The van der Waals surface area contributed by atoms with E-state index in [1.54, 1.807) is 28.3 Å². The molecule has 0 aromatic heterocycles. The number of aliphatic hydroxyl groups excluding tert-OH is 2. The maximum Gasteiger partial charge on any atom is 0.187 e. The minimum Gasteiger partial charge on any atom is -0.388 e. The van der Waals surface area contributed by atoms with Gasteiger partial charge in [-0.1, -0.05) is 18.6 Å². The van der Waals surface area contributed by atoms with E-state index in [-0.39, 0.29) is 47.8 Å². The largest absolute Gasteiger partial charge is 0.388 e. The van der Waals surface area contributed by atoms with Crippen molar-refractivity contribution in [2.45, 2.75) is 241 Å². The third kappa shape index (κ3) is 8.72.